The number of aromatic nitrogens is 1. The van der Waals surface area contributed by atoms with Crippen LogP contribution in [0.3, 0.4) is 0 Å². The van der Waals surface area contributed by atoms with Crippen molar-refractivity contribution in [3.05, 3.63) is 95.3 Å². The second-order valence-electron chi connectivity index (χ2n) is 9.01. The largest absolute Gasteiger partial charge is 0.385 e. The zero-order valence-electron chi connectivity index (χ0n) is 19.2. The molecule has 0 saturated carbocycles. The lowest BCUT2D eigenvalue weighted by molar-refractivity contribution is 0.0719. The van der Waals surface area contributed by atoms with E-state index in [9.17, 15) is 4.79 Å². The Morgan fingerprint density at radius 1 is 0.968 bits per heavy atom. The summed E-state index contributed by atoms with van der Waals surface area (Å²) in [5.41, 5.74) is 4.40. The highest BCUT2D eigenvalue weighted by atomic mass is 16.5. The fraction of sp³-hybridized carbons (Fsp3) is 0.370. The minimum absolute atomic E-state index is 0.0593. The van der Waals surface area contributed by atoms with E-state index in [2.05, 4.69) is 74.0 Å². The van der Waals surface area contributed by atoms with E-state index in [1.54, 1.807) is 7.11 Å². The molecule has 2 aromatic carbocycles. The number of benzene rings is 2. The maximum Gasteiger partial charge on any atom is 0.254 e. The third-order valence-electron chi connectivity index (χ3n) is 5.53. The molecule has 1 aromatic heterocycles. The maximum atomic E-state index is 13.4. The molecular weight excluding hydrogens is 384 g/mol. The van der Waals surface area contributed by atoms with Crippen LogP contribution >= 0.6 is 0 Å². The average Bonchev–Trinajstić information content (AvgIpc) is 3.19. The Kier molecular flexibility index (Phi) is 7.69. The molecular formula is C27H34N2O2. The smallest absolute Gasteiger partial charge is 0.254 e. The van der Waals surface area contributed by atoms with Crippen LogP contribution in [0.4, 0.5) is 0 Å². The van der Waals surface area contributed by atoms with Crippen molar-refractivity contribution in [1.29, 1.82) is 0 Å². The van der Waals surface area contributed by atoms with Crippen molar-refractivity contribution in [1.82, 2.24) is 9.47 Å². The van der Waals surface area contributed by atoms with Crippen molar-refractivity contribution in [2.24, 2.45) is 0 Å². The van der Waals surface area contributed by atoms with E-state index < -0.39 is 0 Å². The molecule has 0 spiro atoms. The highest BCUT2D eigenvalue weighted by molar-refractivity contribution is 5.94. The molecule has 0 saturated heterocycles. The molecule has 0 aliphatic rings. The number of rotatable bonds is 9. The van der Waals surface area contributed by atoms with Crippen LogP contribution in [0.25, 0.3) is 0 Å². The molecule has 3 aromatic rings. The average molecular weight is 419 g/mol. The SMILES string of the molecule is COCCCN(Cc1cccn1Cc1ccccc1)C(=O)c1ccc(C(C)(C)C)cc1. The first kappa shape index (κ1) is 22.8. The van der Waals surface area contributed by atoms with Crippen LogP contribution in [0.2, 0.25) is 0 Å². The van der Waals surface area contributed by atoms with Crippen molar-refractivity contribution in [2.45, 2.75) is 45.7 Å². The molecule has 1 amide bonds. The van der Waals surface area contributed by atoms with E-state index in [4.69, 9.17) is 4.74 Å². The van der Waals surface area contributed by atoms with Gasteiger partial charge in [-0.15, -0.1) is 0 Å². The molecule has 1 heterocycles. The van der Waals surface area contributed by atoms with Gasteiger partial charge in [0.25, 0.3) is 5.91 Å². The van der Waals surface area contributed by atoms with Gasteiger partial charge in [-0.05, 0) is 47.2 Å². The fourth-order valence-corrected chi connectivity index (χ4v) is 3.67. The lowest BCUT2D eigenvalue weighted by Gasteiger charge is -2.25. The molecule has 31 heavy (non-hydrogen) atoms. The van der Waals surface area contributed by atoms with E-state index in [-0.39, 0.29) is 11.3 Å². The molecule has 0 fully saturated rings. The van der Waals surface area contributed by atoms with Gasteiger partial charge in [0.15, 0.2) is 0 Å². The lowest BCUT2D eigenvalue weighted by Crippen LogP contribution is -2.33. The first-order valence-electron chi connectivity index (χ1n) is 10.9. The van der Waals surface area contributed by atoms with Gasteiger partial charge in [-0.3, -0.25) is 4.79 Å². The summed E-state index contributed by atoms with van der Waals surface area (Å²) in [5, 5.41) is 0. The third kappa shape index (κ3) is 6.31. The summed E-state index contributed by atoms with van der Waals surface area (Å²) in [6.45, 7) is 9.21. The summed E-state index contributed by atoms with van der Waals surface area (Å²) in [6, 6.07) is 22.6. The molecule has 4 nitrogen and oxygen atoms in total. The van der Waals surface area contributed by atoms with Gasteiger partial charge >= 0.3 is 0 Å². The van der Waals surface area contributed by atoms with Crippen LogP contribution in [0.1, 0.15) is 54.4 Å². The molecule has 0 aliphatic heterocycles. The third-order valence-corrected chi connectivity index (χ3v) is 5.53. The predicted octanol–water partition coefficient (Wildman–Crippen LogP) is 5.51. The number of nitrogens with zero attached hydrogens (tertiary/aromatic N) is 2. The summed E-state index contributed by atoms with van der Waals surface area (Å²) in [5.74, 6) is 0.0593. The number of carbonyl (C=O) groups excluding carboxylic acids is 1. The number of hydrogen-bond donors (Lipinski definition) is 0. The summed E-state index contributed by atoms with van der Waals surface area (Å²) in [4.78, 5) is 15.3. The molecule has 0 N–H and O–H groups in total. The first-order chi connectivity index (χ1) is 14.9. The van der Waals surface area contributed by atoms with Gasteiger partial charge in [0.1, 0.15) is 0 Å². The minimum atomic E-state index is 0.0593. The van der Waals surface area contributed by atoms with Crippen molar-refractivity contribution < 1.29 is 9.53 Å². The minimum Gasteiger partial charge on any atom is -0.385 e. The normalized spacial score (nSPS) is 11.5. The summed E-state index contributed by atoms with van der Waals surface area (Å²) in [6.07, 6.45) is 2.89. The number of ether oxygens (including phenoxy) is 1. The molecule has 0 unspecified atom stereocenters. The summed E-state index contributed by atoms with van der Waals surface area (Å²) < 4.78 is 7.44. The molecule has 3 rings (SSSR count). The second-order valence-corrected chi connectivity index (χ2v) is 9.01. The Labute approximate surface area is 186 Å². The van der Waals surface area contributed by atoms with E-state index in [0.717, 1.165) is 24.2 Å². The zero-order valence-corrected chi connectivity index (χ0v) is 19.2. The Morgan fingerprint density at radius 2 is 1.68 bits per heavy atom. The van der Waals surface area contributed by atoms with Gasteiger partial charge in [0, 0.05) is 44.3 Å². The number of carbonyl (C=O) groups is 1. The van der Waals surface area contributed by atoms with E-state index in [1.807, 2.05) is 29.2 Å². The topological polar surface area (TPSA) is 34.5 Å². The second kappa shape index (κ2) is 10.5. The summed E-state index contributed by atoms with van der Waals surface area (Å²) >= 11 is 0. The maximum absolute atomic E-state index is 13.4. The first-order valence-corrected chi connectivity index (χ1v) is 10.9. The van der Waals surface area contributed by atoms with Crippen LogP contribution in [0.5, 0.6) is 0 Å². The Bertz CT molecular complexity index is 953. The van der Waals surface area contributed by atoms with Crippen molar-refractivity contribution in [3.63, 3.8) is 0 Å². The fourth-order valence-electron chi connectivity index (χ4n) is 3.67. The molecule has 164 valence electrons. The quantitative estimate of drug-likeness (QED) is 0.429. The highest BCUT2D eigenvalue weighted by Gasteiger charge is 2.19. The van der Waals surface area contributed by atoms with Crippen LogP contribution in [0.15, 0.2) is 72.9 Å². The monoisotopic (exact) mass is 418 g/mol. The van der Waals surface area contributed by atoms with Gasteiger partial charge in [0.2, 0.25) is 0 Å². The number of hydrogen-bond acceptors (Lipinski definition) is 2. The van der Waals surface area contributed by atoms with Crippen LogP contribution in [-0.2, 0) is 23.2 Å². The number of amides is 1. The molecule has 0 radical (unpaired) electrons. The zero-order chi connectivity index (χ0) is 22.3. The molecule has 4 heteroatoms. The van der Waals surface area contributed by atoms with Gasteiger partial charge in [-0.25, -0.2) is 0 Å². The van der Waals surface area contributed by atoms with Crippen LogP contribution in [-0.4, -0.2) is 35.6 Å². The summed E-state index contributed by atoms with van der Waals surface area (Å²) in [7, 11) is 1.70. The predicted molar refractivity (Wildman–Crippen MR) is 126 cm³/mol. The van der Waals surface area contributed by atoms with Gasteiger partial charge in [-0.2, -0.15) is 0 Å². The molecule has 0 bridgehead atoms. The van der Waals surface area contributed by atoms with Crippen molar-refractivity contribution in [2.75, 3.05) is 20.3 Å². The van der Waals surface area contributed by atoms with Crippen molar-refractivity contribution >= 4 is 5.91 Å². The van der Waals surface area contributed by atoms with Crippen LogP contribution in [0, 0.1) is 0 Å². The van der Waals surface area contributed by atoms with Crippen molar-refractivity contribution in [3.8, 4) is 0 Å². The number of methoxy groups -OCH3 is 1. The van der Waals surface area contributed by atoms with Gasteiger partial charge in [0.05, 0.1) is 6.54 Å². The lowest BCUT2D eigenvalue weighted by atomic mass is 9.86. The van der Waals surface area contributed by atoms with Gasteiger partial charge < -0.3 is 14.2 Å². The van der Waals surface area contributed by atoms with Gasteiger partial charge in [-0.1, -0.05) is 63.2 Å². The molecule has 0 atom stereocenters. The van der Waals surface area contributed by atoms with E-state index >= 15 is 0 Å². The van der Waals surface area contributed by atoms with E-state index in [0.29, 0.717) is 19.7 Å². The van der Waals surface area contributed by atoms with Crippen LogP contribution < -0.4 is 0 Å². The standard InChI is InChI=1S/C27H34N2O2/c1-27(2,3)24-15-13-23(14-16-24)26(30)29(18-9-19-31-4)21-25-12-8-17-28(25)20-22-10-6-5-7-11-22/h5-8,10-17H,9,18-21H2,1-4H3. The highest BCUT2D eigenvalue weighted by Crippen LogP contribution is 2.23. The Morgan fingerprint density at radius 3 is 2.32 bits per heavy atom. The molecule has 0 aliphatic carbocycles. The Hall–Kier alpha value is -2.85. The Balaban J connectivity index is 1.78. The van der Waals surface area contributed by atoms with E-state index in [1.165, 1.54) is 11.1 Å².